The number of anilines is 2. The number of rotatable bonds is 12. The lowest BCUT2D eigenvalue weighted by Gasteiger charge is -2.43. The minimum absolute atomic E-state index is 0.226. The number of benzene rings is 1. The molecule has 6 heterocycles. The number of hydrogen-bond acceptors (Lipinski definition) is 12. The van der Waals surface area contributed by atoms with E-state index in [9.17, 15) is 5.26 Å². The quantitative estimate of drug-likeness (QED) is 0.209. The fraction of sp³-hybridized carbons (Fsp3) is 0.568. The predicted octanol–water partition coefficient (Wildman–Crippen LogP) is 5.17. The average molecular weight is 695 g/mol. The Morgan fingerprint density at radius 3 is 2.41 bits per heavy atom. The Bertz CT molecular complexity index is 1760. The molecule has 14 heteroatoms. The van der Waals surface area contributed by atoms with Crippen LogP contribution in [0.3, 0.4) is 0 Å². The third-order valence-corrected chi connectivity index (χ3v) is 10.8. The second kappa shape index (κ2) is 15.3. The first-order valence-corrected chi connectivity index (χ1v) is 18.4. The summed E-state index contributed by atoms with van der Waals surface area (Å²) in [5, 5.41) is 22.3. The molecule has 3 saturated heterocycles. The standard InChI is InChI=1S/C37H46N10O4/c1-25(18-45-24-39-23-42-45)51-35-14-27(2-3-28(35)15-38)29-16-40-37(41-17-29)43-34-19-46(44-36(34)50-20-26-10-12-48-13-11-26)30-4-6-31(7-5-30)47-32-8-9-33(47)22-49-21-32/h2-3,14,16-17,19,23-26,30-33H,4-13,18,20-22H2,1H3,(H,40,41,43)/t25-,30-,31-,32-,33+/m0/s1. The van der Waals surface area contributed by atoms with E-state index in [2.05, 4.69) is 47.2 Å². The monoisotopic (exact) mass is 694 g/mol. The molecule has 268 valence electrons. The highest BCUT2D eigenvalue weighted by Gasteiger charge is 2.42. The number of aromatic nitrogens is 7. The molecule has 1 aromatic carbocycles. The predicted molar refractivity (Wildman–Crippen MR) is 188 cm³/mol. The highest BCUT2D eigenvalue weighted by Crippen LogP contribution is 2.40. The highest BCUT2D eigenvalue weighted by molar-refractivity contribution is 5.67. The molecule has 1 N–H and O–H groups in total. The Morgan fingerprint density at radius 2 is 1.69 bits per heavy atom. The normalized spacial score (nSPS) is 24.5. The molecular weight excluding hydrogens is 648 g/mol. The maximum Gasteiger partial charge on any atom is 0.256 e. The molecule has 3 atom stereocenters. The zero-order valence-corrected chi connectivity index (χ0v) is 29.1. The van der Waals surface area contributed by atoms with Crippen molar-refractivity contribution in [2.75, 3.05) is 38.4 Å². The number of fused-ring (bicyclic) bond motifs is 2. The fourth-order valence-corrected chi connectivity index (χ4v) is 8.14. The number of hydrogen-bond donors (Lipinski definition) is 1. The maximum absolute atomic E-state index is 9.71. The average Bonchev–Trinajstić information content (AvgIpc) is 3.89. The van der Waals surface area contributed by atoms with Gasteiger partial charge in [-0.05, 0) is 81.9 Å². The number of nitrogens with one attached hydrogen (secondary N) is 1. The summed E-state index contributed by atoms with van der Waals surface area (Å²) in [6.45, 7) is 6.36. The third kappa shape index (κ3) is 7.71. The second-order valence-corrected chi connectivity index (χ2v) is 14.3. The van der Waals surface area contributed by atoms with Crippen LogP contribution in [0.2, 0.25) is 0 Å². The Labute approximate surface area is 298 Å². The van der Waals surface area contributed by atoms with E-state index >= 15 is 0 Å². The molecule has 0 radical (unpaired) electrons. The van der Waals surface area contributed by atoms with Crippen LogP contribution < -0.4 is 14.8 Å². The minimum Gasteiger partial charge on any atom is -0.487 e. The zero-order chi connectivity index (χ0) is 34.6. The zero-order valence-electron chi connectivity index (χ0n) is 29.1. The van der Waals surface area contributed by atoms with Gasteiger partial charge in [0.05, 0.1) is 44.2 Å². The van der Waals surface area contributed by atoms with Crippen LogP contribution in [-0.4, -0.2) is 96.7 Å². The highest BCUT2D eigenvalue weighted by atomic mass is 16.5. The second-order valence-electron chi connectivity index (χ2n) is 14.3. The molecule has 51 heavy (non-hydrogen) atoms. The van der Waals surface area contributed by atoms with Crippen molar-refractivity contribution in [3.8, 4) is 28.8 Å². The molecule has 4 fully saturated rings. The Balaban J connectivity index is 0.956. The topological polar surface area (TPSA) is 150 Å². The molecule has 3 aliphatic heterocycles. The molecule has 4 aromatic rings. The lowest BCUT2D eigenvalue weighted by atomic mass is 9.89. The van der Waals surface area contributed by atoms with Gasteiger partial charge in [0.25, 0.3) is 5.88 Å². The van der Waals surface area contributed by atoms with Crippen LogP contribution in [-0.2, 0) is 16.0 Å². The first-order chi connectivity index (χ1) is 25.1. The van der Waals surface area contributed by atoms with Crippen LogP contribution in [0.15, 0.2) is 49.4 Å². The van der Waals surface area contributed by atoms with Crippen molar-refractivity contribution in [1.29, 1.82) is 5.26 Å². The Hall–Kier alpha value is -4.58. The lowest BCUT2D eigenvalue weighted by molar-refractivity contribution is -0.0458. The number of morpholine rings is 1. The largest absolute Gasteiger partial charge is 0.487 e. The van der Waals surface area contributed by atoms with Gasteiger partial charge in [0.2, 0.25) is 5.95 Å². The first-order valence-electron chi connectivity index (χ1n) is 18.4. The number of nitriles is 1. The maximum atomic E-state index is 9.71. The molecule has 4 aliphatic rings. The molecule has 2 bridgehead atoms. The van der Waals surface area contributed by atoms with E-state index in [1.54, 1.807) is 29.5 Å². The summed E-state index contributed by atoms with van der Waals surface area (Å²) >= 11 is 0. The molecule has 0 spiro atoms. The van der Waals surface area contributed by atoms with Gasteiger partial charge in [-0.3, -0.25) is 9.58 Å². The number of nitrogens with zero attached hydrogens (tertiary/aromatic N) is 9. The van der Waals surface area contributed by atoms with Crippen LogP contribution >= 0.6 is 0 Å². The number of ether oxygens (including phenoxy) is 4. The van der Waals surface area contributed by atoms with Gasteiger partial charge < -0.3 is 24.3 Å². The Morgan fingerprint density at radius 1 is 0.941 bits per heavy atom. The van der Waals surface area contributed by atoms with Crippen molar-refractivity contribution in [1.82, 2.24) is 39.4 Å². The smallest absolute Gasteiger partial charge is 0.256 e. The SMILES string of the molecule is C[C@@H](Cn1cncn1)Oc1cc(-c2cnc(Nc3cn([C@H]4CC[C@H](N5[C@@H]6CC[C@H]5COC6)CC4)nc3OCC3CCOCC3)nc2)ccc1C#N. The lowest BCUT2D eigenvalue weighted by Crippen LogP contribution is -2.52. The van der Waals surface area contributed by atoms with Gasteiger partial charge in [-0.2, -0.15) is 10.4 Å². The molecule has 0 amide bonds. The summed E-state index contributed by atoms with van der Waals surface area (Å²) in [5.41, 5.74) is 2.86. The van der Waals surface area contributed by atoms with Crippen LogP contribution in [0.4, 0.5) is 11.6 Å². The van der Waals surface area contributed by atoms with Crippen molar-refractivity contribution in [3.05, 3.63) is 55.0 Å². The van der Waals surface area contributed by atoms with Crippen molar-refractivity contribution in [2.45, 2.75) is 95.1 Å². The van der Waals surface area contributed by atoms with Crippen molar-refractivity contribution in [2.24, 2.45) is 5.92 Å². The van der Waals surface area contributed by atoms with Gasteiger partial charge in [0.15, 0.2) is 0 Å². The molecular formula is C37H46N10O4. The first kappa shape index (κ1) is 33.6. The van der Waals surface area contributed by atoms with Gasteiger partial charge in [-0.25, -0.2) is 19.6 Å². The molecule has 0 unspecified atom stereocenters. The van der Waals surface area contributed by atoms with E-state index in [0.717, 1.165) is 68.9 Å². The Kier molecular flexibility index (Phi) is 10.1. The van der Waals surface area contributed by atoms with Crippen LogP contribution in [0.1, 0.15) is 69.9 Å². The van der Waals surface area contributed by atoms with E-state index in [0.29, 0.717) is 66.4 Å². The van der Waals surface area contributed by atoms with Crippen LogP contribution in [0.25, 0.3) is 11.1 Å². The molecule has 14 nitrogen and oxygen atoms in total. The van der Waals surface area contributed by atoms with Gasteiger partial charge in [0.1, 0.15) is 36.3 Å². The summed E-state index contributed by atoms with van der Waals surface area (Å²) in [6, 6.07) is 9.85. The summed E-state index contributed by atoms with van der Waals surface area (Å²) in [5.74, 6) is 1.97. The molecule has 3 aromatic heterocycles. The third-order valence-electron chi connectivity index (χ3n) is 10.8. The molecule has 1 saturated carbocycles. The van der Waals surface area contributed by atoms with Gasteiger partial charge in [0, 0.05) is 49.3 Å². The van der Waals surface area contributed by atoms with Gasteiger partial charge >= 0.3 is 0 Å². The van der Waals surface area contributed by atoms with E-state index < -0.39 is 0 Å². The van der Waals surface area contributed by atoms with E-state index in [1.165, 1.54) is 32.0 Å². The molecule has 8 rings (SSSR count). The summed E-state index contributed by atoms with van der Waals surface area (Å²) in [7, 11) is 0. The van der Waals surface area contributed by atoms with Crippen molar-refractivity contribution >= 4 is 11.6 Å². The summed E-state index contributed by atoms with van der Waals surface area (Å²) in [6.07, 6.45) is 17.5. The molecule has 1 aliphatic carbocycles. The summed E-state index contributed by atoms with van der Waals surface area (Å²) in [4.78, 5) is 16.1. The van der Waals surface area contributed by atoms with E-state index in [4.69, 9.17) is 24.0 Å². The summed E-state index contributed by atoms with van der Waals surface area (Å²) < 4.78 is 27.8. The minimum atomic E-state index is -0.226. The fourth-order valence-electron chi connectivity index (χ4n) is 8.14. The van der Waals surface area contributed by atoms with E-state index in [-0.39, 0.29) is 6.10 Å². The van der Waals surface area contributed by atoms with Crippen molar-refractivity contribution in [3.63, 3.8) is 0 Å². The van der Waals surface area contributed by atoms with Crippen molar-refractivity contribution < 1.29 is 18.9 Å². The van der Waals surface area contributed by atoms with Crippen LogP contribution in [0.5, 0.6) is 11.6 Å². The van der Waals surface area contributed by atoms with Gasteiger partial charge in [-0.15, -0.1) is 5.10 Å². The van der Waals surface area contributed by atoms with E-state index in [1.807, 2.05) is 19.1 Å². The van der Waals surface area contributed by atoms with Crippen LogP contribution in [0, 0.1) is 17.2 Å². The van der Waals surface area contributed by atoms with Gasteiger partial charge in [-0.1, -0.05) is 6.07 Å².